The molecule has 0 fully saturated rings. The minimum absolute atomic E-state index is 0.0201. The van der Waals surface area contributed by atoms with Gasteiger partial charge in [-0.15, -0.1) is 11.3 Å². The van der Waals surface area contributed by atoms with Crippen molar-refractivity contribution in [1.29, 1.82) is 0 Å². The third-order valence-corrected chi connectivity index (χ3v) is 6.56. The molecule has 0 saturated carbocycles. The molecule has 0 atom stereocenters. The molecule has 0 amide bonds. The van der Waals surface area contributed by atoms with Crippen molar-refractivity contribution in [3.8, 4) is 0 Å². The van der Waals surface area contributed by atoms with Gasteiger partial charge in [0, 0.05) is 0 Å². The van der Waals surface area contributed by atoms with Crippen LogP contribution >= 0.6 is 11.3 Å². The lowest BCUT2D eigenvalue weighted by molar-refractivity contribution is 0.483. The molecular formula is C10H8O5S3. The summed E-state index contributed by atoms with van der Waals surface area (Å²) in [5.74, 6) is 0. The van der Waals surface area contributed by atoms with Crippen molar-refractivity contribution in [2.24, 2.45) is 0 Å². The van der Waals surface area contributed by atoms with Crippen molar-refractivity contribution in [1.82, 2.24) is 0 Å². The van der Waals surface area contributed by atoms with Gasteiger partial charge in [-0.25, -0.2) is 8.42 Å². The van der Waals surface area contributed by atoms with E-state index in [2.05, 4.69) is 0 Å². The van der Waals surface area contributed by atoms with Gasteiger partial charge >= 0.3 is 10.1 Å². The second-order valence-corrected chi connectivity index (χ2v) is 7.81. The Morgan fingerprint density at radius 1 is 0.944 bits per heavy atom. The summed E-state index contributed by atoms with van der Waals surface area (Å²) in [6.07, 6.45) is 0. The lowest BCUT2D eigenvalue weighted by Gasteiger charge is -2.03. The van der Waals surface area contributed by atoms with Crippen LogP contribution in [0.2, 0.25) is 0 Å². The molecule has 1 aromatic carbocycles. The number of hydrogen-bond donors (Lipinski definition) is 1. The maximum absolute atomic E-state index is 12.2. The normalized spacial score (nSPS) is 12.5. The highest BCUT2D eigenvalue weighted by molar-refractivity contribution is 7.93. The van der Waals surface area contributed by atoms with Crippen LogP contribution in [0.5, 0.6) is 0 Å². The molecule has 0 aliphatic carbocycles. The van der Waals surface area contributed by atoms with E-state index in [0.717, 1.165) is 6.07 Å². The highest BCUT2D eigenvalue weighted by atomic mass is 32.3. The first-order valence-electron chi connectivity index (χ1n) is 4.68. The summed E-state index contributed by atoms with van der Waals surface area (Å²) in [4.78, 5) is -0.422. The summed E-state index contributed by atoms with van der Waals surface area (Å²) in [6.45, 7) is 0. The molecule has 0 saturated heterocycles. The second kappa shape index (κ2) is 4.47. The van der Waals surface area contributed by atoms with Gasteiger partial charge in [-0.1, -0.05) is 18.2 Å². The Labute approximate surface area is 108 Å². The molecule has 2 rings (SSSR count). The van der Waals surface area contributed by atoms with Gasteiger partial charge in [-0.3, -0.25) is 4.55 Å². The first-order valence-corrected chi connectivity index (χ1v) is 8.49. The summed E-state index contributed by atoms with van der Waals surface area (Å²) in [5.41, 5.74) is 0. The van der Waals surface area contributed by atoms with Crippen LogP contribution in [0, 0.1) is 0 Å². The van der Waals surface area contributed by atoms with Crippen molar-refractivity contribution < 1.29 is 21.4 Å². The van der Waals surface area contributed by atoms with E-state index < -0.39 is 29.1 Å². The average Bonchev–Trinajstić information content (AvgIpc) is 2.79. The lowest BCUT2D eigenvalue weighted by Crippen LogP contribution is -2.06. The van der Waals surface area contributed by atoms with Gasteiger partial charge in [0.1, 0.15) is 4.90 Å². The monoisotopic (exact) mass is 304 g/mol. The van der Waals surface area contributed by atoms with E-state index >= 15 is 0 Å². The van der Waals surface area contributed by atoms with E-state index in [4.69, 9.17) is 4.55 Å². The number of hydrogen-bond acceptors (Lipinski definition) is 5. The first kappa shape index (κ1) is 13.2. The van der Waals surface area contributed by atoms with E-state index in [0.29, 0.717) is 11.3 Å². The minimum Gasteiger partial charge on any atom is -0.281 e. The van der Waals surface area contributed by atoms with Gasteiger partial charge in [0.25, 0.3) is 0 Å². The van der Waals surface area contributed by atoms with Gasteiger partial charge in [-0.2, -0.15) is 8.42 Å². The molecule has 0 unspecified atom stereocenters. The predicted octanol–water partition coefficient (Wildman–Crippen LogP) is 1.83. The topological polar surface area (TPSA) is 88.5 Å². The van der Waals surface area contributed by atoms with E-state index in [1.807, 2.05) is 0 Å². The Morgan fingerprint density at radius 3 is 2.11 bits per heavy atom. The van der Waals surface area contributed by atoms with Crippen LogP contribution in [0.25, 0.3) is 0 Å². The molecule has 96 valence electrons. The molecule has 18 heavy (non-hydrogen) atoms. The average molecular weight is 304 g/mol. The fraction of sp³-hybridized carbons (Fsp3) is 0. The van der Waals surface area contributed by atoms with Gasteiger partial charge in [0.05, 0.1) is 4.90 Å². The number of rotatable bonds is 3. The molecule has 0 radical (unpaired) electrons. The number of sulfone groups is 1. The zero-order chi connectivity index (χ0) is 13.4. The van der Waals surface area contributed by atoms with Crippen molar-refractivity contribution >= 4 is 31.3 Å². The quantitative estimate of drug-likeness (QED) is 0.874. The molecule has 1 heterocycles. The van der Waals surface area contributed by atoms with Gasteiger partial charge < -0.3 is 0 Å². The second-order valence-electron chi connectivity index (χ2n) is 3.36. The van der Waals surface area contributed by atoms with Crippen molar-refractivity contribution in [3.05, 3.63) is 41.8 Å². The molecule has 8 heteroatoms. The highest BCUT2D eigenvalue weighted by Gasteiger charge is 2.28. The zero-order valence-corrected chi connectivity index (χ0v) is 11.3. The van der Waals surface area contributed by atoms with Crippen molar-refractivity contribution in [2.45, 2.75) is 14.0 Å². The first-order chi connectivity index (χ1) is 8.33. The largest absolute Gasteiger partial charge is 0.305 e. The Morgan fingerprint density at radius 2 is 1.56 bits per heavy atom. The van der Waals surface area contributed by atoms with Crippen LogP contribution in [0.3, 0.4) is 0 Å². The highest BCUT2D eigenvalue weighted by Crippen LogP contribution is 2.31. The van der Waals surface area contributed by atoms with Crippen molar-refractivity contribution in [3.63, 3.8) is 0 Å². The molecule has 1 aromatic heterocycles. The molecule has 0 bridgehead atoms. The maximum atomic E-state index is 12.2. The summed E-state index contributed by atoms with van der Waals surface area (Å²) >= 11 is 0.661. The van der Waals surface area contributed by atoms with Crippen LogP contribution in [0.4, 0.5) is 0 Å². The molecule has 5 nitrogen and oxygen atoms in total. The third-order valence-electron chi connectivity index (χ3n) is 2.17. The minimum atomic E-state index is -4.54. The SMILES string of the molecule is O=S(=O)(O)c1sccc1S(=O)(=O)c1ccccc1. The number of thiophene rings is 1. The fourth-order valence-corrected chi connectivity index (χ4v) is 5.33. The lowest BCUT2D eigenvalue weighted by atomic mass is 10.4. The van der Waals surface area contributed by atoms with Crippen molar-refractivity contribution in [2.75, 3.05) is 0 Å². The molecule has 0 aliphatic rings. The summed E-state index contributed by atoms with van der Waals surface area (Å²) in [6, 6.07) is 8.60. The van der Waals surface area contributed by atoms with Crippen LogP contribution < -0.4 is 0 Å². The summed E-state index contributed by atoms with van der Waals surface area (Å²) in [7, 11) is -8.48. The Kier molecular flexibility index (Phi) is 3.28. The molecule has 1 N–H and O–H groups in total. The Balaban J connectivity index is 2.68. The van der Waals surface area contributed by atoms with Gasteiger partial charge in [-0.05, 0) is 23.6 Å². The summed E-state index contributed by atoms with van der Waals surface area (Å²) in [5, 5.41) is 1.30. The van der Waals surface area contributed by atoms with E-state index in [-0.39, 0.29) is 4.90 Å². The smallest absolute Gasteiger partial charge is 0.281 e. The number of benzene rings is 1. The molecular weight excluding hydrogens is 296 g/mol. The van der Waals surface area contributed by atoms with Gasteiger partial charge in [0.15, 0.2) is 4.21 Å². The Hall–Kier alpha value is -1.22. The van der Waals surface area contributed by atoms with Crippen LogP contribution in [-0.4, -0.2) is 21.4 Å². The maximum Gasteiger partial charge on any atom is 0.305 e. The van der Waals surface area contributed by atoms with Crippen LogP contribution in [0.1, 0.15) is 0 Å². The zero-order valence-electron chi connectivity index (χ0n) is 8.85. The molecule has 2 aromatic rings. The van der Waals surface area contributed by atoms with E-state index in [1.165, 1.54) is 29.6 Å². The summed E-state index contributed by atoms with van der Waals surface area (Å²) < 4.78 is 55.0. The predicted molar refractivity (Wildman–Crippen MR) is 66.0 cm³/mol. The molecule has 0 aliphatic heterocycles. The third kappa shape index (κ3) is 2.32. The van der Waals surface area contributed by atoms with Gasteiger partial charge in [0.2, 0.25) is 9.84 Å². The van der Waals surface area contributed by atoms with Crippen LogP contribution in [-0.2, 0) is 20.0 Å². The standard InChI is InChI=1S/C10H8O5S3/c11-17(12,8-4-2-1-3-5-8)9-6-7-16-10(9)18(13,14)15/h1-7H,(H,13,14,15). The fourth-order valence-electron chi connectivity index (χ4n) is 1.40. The van der Waals surface area contributed by atoms with E-state index in [1.54, 1.807) is 6.07 Å². The Bertz CT molecular complexity index is 757. The van der Waals surface area contributed by atoms with Crippen LogP contribution in [0.15, 0.2) is 55.8 Å². The molecule has 0 spiro atoms. The van der Waals surface area contributed by atoms with E-state index in [9.17, 15) is 16.8 Å².